The van der Waals surface area contributed by atoms with Gasteiger partial charge >= 0.3 is 12.2 Å². The largest absolute Gasteiger partial charge is 0.453 e. The molecule has 4 N–H and O–H groups in total. The van der Waals surface area contributed by atoms with E-state index in [0.29, 0.717) is 17.9 Å². The van der Waals surface area contributed by atoms with Gasteiger partial charge in [-0.3, -0.25) is 38.5 Å². The van der Waals surface area contributed by atoms with Gasteiger partial charge in [0.1, 0.15) is 6.04 Å². The summed E-state index contributed by atoms with van der Waals surface area (Å²) < 4.78 is 9.06. The van der Waals surface area contributed by atoms with E-state index in [1.54, 1.807) is 0 Å². The highest BCUT2D eigenvalue weighted by molar-refractivity contribution is 6.13. The molecule has 2 rings (SSSR count). The summed E-state index contributed by atoms with van der Waals surface area (Å²) in [6, 6.07) is -2.16. The van der Waals surface area contributed by atoms with Crippen molar-refractivity contribution in [3.8, 4) is 0 Å². The SMILES string of the molecule is COC(=O)NCCCCC(NC(=O)OC)C(=O)NC(CC(=O)NCCON1C(=O)C=CC1=O)CN1C(=O)C=CC1=O. The molecule has 0 spiro atoms. The predicted octanol–water partition coefficient (Wildman–Crippen LogP) is -1.99. The molecule has 0 aromatic carbocycles. The first kappa shape index (κ1) is 32.4. The van der Waals surface area contributed by atoms with Gasteiger partial charge in [0.15, 0.2) is 0 Å². The number of nitrogens with one attached hydrogen (secondary N) is 4. The zero-order chi connectivity index (χ0) is 30.4. The number of hydroxylamine groups is 2. The first-order valence-corrected chi connectivity index (χ1v) is 12.5. The molecule has 0 saturated carbocycles. The highest BCUT2D eigenvalue weighted by Gasteiger charge is 2.31. The Morgan fingerprint density at radius 1 is 0.780 bits per heavy atom. The van der Waals surface area contributed by atoms with Crippen molar-refractivity contribution < 1.29 is 52.7 Å². The minimum atomic E-state index is -1.10. The van der Waals surface area contributed by atoms with Gasteiger partial charge < -0.3 is 30.7 Å². The fourth-order valence-electron chi connectivity index (χ4n) is 3.64. The molecule has 2 heterocycles. The molecule has 0 bridgehead atoms. The summed E-state index contributed by atoms with van der Waals surface area (Å²) in [5.41, 5.74) is 0. The van der Waals surface area contributed by atoms with Crippen molar-refractivity contribution in [2.75, 3.05) is 40.5 Å². The van der Waals surface area contributed by atoms with Crippen LogP contribution in [0.3, 0.4) is 0 Å². The fraction of sp³-hybridized carbons (Fsp3) is 0.500. The minimum Gasteiger partial charge on any atom is -0.453 e. The lowest BCUT2D eigenvalue weighted by Gasteiger charge is -2.26. The zero-order valence-corrected chi connectivity index (χ0v) is 22.5. The number of alkyl carbamates (subject to hydrolysis) is 2. The summed E-state index contributed by atoms with van der Waals surface area (Å²) in [5.74, 6) is -3.88. The molecule has 0 radical (unpaired) electrons. The van der Waals surface area contributed by atoms with E-state index in [9.17, 15) is 38.4 Å². The molecule has 8 amide bonds. The molecule has 2 atom stereocenters. The van der Waals surface area contributed by atoms with Gasteiger partial charge in [0, 0.05) is 43.8 Å². The highest BCUT2D eigenvalue weighted by atomic mass is 16.7. The molecular formula is C24H32N6O11. The van der Waals surface area contributed by atoms with Crippen molar-refractivity contribution in [1.29, 1.82) is 0 Å². The maximum atomic E-state index is 13.1. The lowest BCUT2D eigenvalue weighted by molar-refractivity contribution is -0.185. The molecule has 2 aliphatic heterocycles. The summed E-state index contributed by atoms with van der Waals surface area (Å²) in [6.45, 7) is -0.401. The fourth-order valence-corrected chi connectivity index (χ4v) is 3.64. The van der Waals surface area contributed by atoms with Crippen molar-refractivity contribution >= 4 is 47.6 Å². The van der Waals surface area contributed by atoms with Crippen LogP contribution < -0.4 is 21.3 Å². The Morgan fingerprint density at radius 3 is 2.00 bits per heavy atom. The maximum absolute atomic E-state index is 13.1. The van der Waals surface area contributed by atoms with Crippen LogP contribution in [0.4, 0.5) is 9.59 Å². The number of amides is 8. The van der Waals surface area contributed by atoms with Crippen LogP contribution in [0.5, 0.6) is 0 Å². The Kier molecular flexibility index (Phi) is 12.9. The molecule has 17 heteroatoms. The van der Waals surface area contributed by atoms with Gasteiger partial charge in [-0.25, -0.2) is 9.59 Å². The van der Waals surface area contributed by atoms with E-state index in [2.05, 4.69) is 30.7 Å². The van der Waals surface area contributed by atoms with Crippen LogP contribution in [0.1, 0.15) is 25.7 Å². The van der Waals surface area contributed by atoms with Gasteiger partial charge in [0.25, 0.3) is 23.6 Å². The average molecular weight is 581 g/mol. The van der Waals surface area contributed by atoms with Crippen LogP contribution in [0.2, 0.25) is 0 Å². The predicted molar refractivity (Wildman–Crippen MR) is 136 cm³/mol. The van der Waals surface area contributed by atoms with E-state index in [0.717, 1.165) is 36.3 Å². The van der Waals surface area contributed by atoms with Gasteiger partial charge in [0.05, 0.1) is 33.4 Å². The Hall–Kier alpha value is -4.80. The number of ether oxygens (including phenoxy) is 2. The van der Waals surface area contributed by atoms with Crippen LogP contribution in [-0.4, -0.2) is 110 Å². The topological polar surface area (TPSA) is 219 Å². The van der Waals surface area contributed by atoms with E-state index < -0.39 is 59.7 Å². The molecule has 224 valence electrons. The third-order valence-corrected chi connectivity index (χ3v) is 5.66. The average Bonchev–Trinajstić information content (AvgIpc) is 3.43. The number of methoxy groups -OCH3 is 2. The molecule has 0 aromatic heterocycles. The van der Waals surface area contributed by atoms with Crippen LogP contribution in [0.15, 0.2) is 24.3 Å². The van der Waals surface area contributed by atoms with E-state index in [1.807, 2.05) is 0 Å². The van der Waals surface area contributed by atoms with Crippen LogP contribution in [0, 0.1) is 0 Å². The number of unbranched alkanes of at least 4 members (excludes halogenated alkanes) is 1. The van der Waals surface area contributed by atoms with Crippen molar-refractivity contribution in [1.82, 2.24) is 31.2 Å². The Balaban J connectivity index is 1.97. The Labute approximate surface area is 234 Å². The number of carbonyl (C=O) groups excluding carboxylic acids is 8. The second-order valence-corrected chi connectivity index (χ2v) is 8.62. The van der Waals surface area contributed by atoms with Crippen molar-refractivity contribution in [3.63, 3.8) is 0 Å². The summed E-state index contributed by atoms with van der Waals surface area (Å²) in [4.78, 5) is 102. The first-order valence-electron chi connectivity index (χ1n) is 12.5. The van der Waals surface area contributed by atoms with Crippen LogP contribution in [0.25, 0.3) is 0 Å². The summed E-state index contributed by atoms with van der Waals surface area (Å²) in [7, 11) is 2.33. The molecule has 0 fully saturated rings. The number of rotatable bonds is 16. The minimum absolute atomic E-state index is 0.105. The summed E-state index contributed by atoms with van der Waals surface area (Å²) in [6.07, 6.45) is 3.27. The van der Waals surface area contributed by atoms with E-state index in [4.69, 9.17) is 4.84 Å². The van der Waals surface area contributed by atoms with E-state index in [1.165, 1.54) is 7.11 Å². The van der Waals surface area contributed by atoms with Crippen molar-refractivity contribution in [2.24, 2.45) is 0 Å². The number of hydrogen-bond donors (Lipinski definition) is 4. The molecule has 0 aromatic rings. The lowest BCUT2D eigenvalue weighted by atomic mass is 10.1. The van der Waals surface area contributed by atoms with Crippen molar-refractivity contribution in [3.05, 3.63) is 24.3 Å². The first-order chi connectivity index (χ1) is 19.5. The lowest BCUT2D eigenvalue weighted by Crippen LogP contribution is -2.54. The number of carbonyl (C=O) groups is 8. The molecule has 0 saturated heterocycles. The van der Waals surface area contributed by atoms with Gasteiger partial charge in [-0.1, -0.05) is 0 Å². The smallest absolute Gasteiger partial charge is 0.407 e. The molecule has 17 nitrogen and oxygen atoms in total. The molecule has 2 aliphatic rings. The molecule has 0 aliphatic carbocycles. The summed E-state index contributed by atoms with van der Waals surface area (Å²) >= 11 is 0. The van der Waals surface area contributed by atoms with Gasteiger partial charge in [-0.2, -0.15) is 0 Å². The molecule has 2 unspecified atom stereocenters. The van der Waals surface area contributed by atoms with Gasteiger partial charge in [-0.15, -0.1) is 5.06 Å². The third-order valence-electron chi connectivity index (χ3n) is 5.66. The second kappa shape index (κ2) is 16.3. The molecular weight excluding hydrogens is 548 g/mol. The van der Waals surface area contributed by atoms with Gasteiger partial charge in [0.2, 0.25) is 11.8 Å². The third kappa shape index (κ3) is 10.7. The van der Waals surface area contributed by atoms with Gasteiger partial charge in [-0.05, 0) is 19.3 Å². The molecule has 41 heavy (non-hydrogen) atoms. The number of nitrogens with zero attached hydrogens (tertiary/aromatic N) is 2. The van der Waals surface area contributed by atoms with E-state index >= 15 is 0 Å². The Bertz CT molecular complexity index is 1070. The van der Waals surface area contributed by atoms with Crippen LogP contribution >= 0.6 is 0 Å². The van der Waals surface area contributed by atoms with E-state index in [-0.39, 0.29) is 39.1 Å². The van der Waals surface area contributed by atoms with Crippen molar-refractivity contribution in [2.45, 2.75) is 37.8 Å². The second-order valence-electron chi connectivity index (χ2n) is 8.62. The summed E-state index contributed by atoms with van der Waals surface area (Å²) in [5, 5.41) is 10.5. The normalized spacial score (nSPS) is 15.6. The maximum Gasteiger partial charge on any atom is 0.407 e. The standard InChI is InChI=1S/C24H32N6O11/c1-39-23(37)26-10-4-3-5-16(28-24(38)40-2)22(36)27-15(14-29-18(32)6-7-19(29)33)13-17(31)25-11-12-41-30-20(34)8-9-21(30)35/h6-9,15-16H,3-5,10-14H2,1-2H3,(H,25,31)(H,26,37)(H,27,36)(H,28,38). The van der Waals surface area contributed by atoms with Crippen LogP contribution in [-0.2, 0) is 43.1 Å². The highest BCUT2D eigenvalue weighted by Crippen LogP contribution is 2.09. The number of hydrogen-bond acceptors (Lipinski definition) is 11. The zero-order valence-electron chi connectivity index (χ0n) is 22.5. The quantitative estimate of drug-likeness (QED) is 0.116. The monoisotopic (exact) mass is 580 g/mol. The number of imide groups is 2. The Morgan fingerprint density at radius 2 is 1.39 bits per heavy atom.